The van der Waals surface area contributed by atoms with Crippen LogP contribution in [0.15, 0.2) is 6.07 Å². The van der Waals surface area contributed by atoms with Crippen LogP contribution in [0.2, 0.25) is 0 Å². The number of hydrogen-bond acceptors (Lipinski definition) is 6. The van der Waals surface area contributed by atoms with Gasteiger partial charge >= 0.3 is 0 Å². The van der Waals surface area contributed by atoms with E-state index in [1.54, 1.807) is 17.0 Å². The zero-order chi connectivity index (χ0) is 17.7. The number of hydrogen-bond donors (Lipinski definition) is 2. The number of alkyl halides is 1. The SMILES string of the molecule is COc1c(N2C[C@@H](CN)[C@H](F)C2)c(F)cc2c1N(C1CC1)CN(N)C2. The van der Waals surface area contributed by atoms with E-state index in [9.17, 15) is 8.78 Å². The average molecular weight is 353 g/mol. The van der Waals surface area contributed by atoms with Gasteiger partial charge in [0.05, 0.1) is 19.5 Å². The summed E-state index contributed by atoms with van der Waals surface area (Å²) in [6.45, 7) is 1.83. The summed E-state index contributed by atoms with van der Waals surface area (Å²) >= 11 is 0. The molecule has 2 aliphatic heterocycles. The van der Waals surface area contributed by atoms with Crippen LogP contribution >= 0.6 is 0 Å². The summed E-state index contributed by atoms with van der Waals surface area (Å²) in [7, 11) is 1.54. The standard InChI is InChI=1S/C17H25F2N5O/c1-25-17-15-10(7-23(21)9-24(15)12-2-3-12)4-13(18)16(17)22-6-11(5-20)14(19)8-22/h4,11-12,14H,2-3,5-9,20-21H2,1H3/t11-,14-/m1/s1. The highest BCUT2D eigenvalue weighted by molar-refractivity contribution is 5.78. The lowest BCUT2D eigenvalue weighted by atomic mass is 10.1. The lowest BCUT2D eigenvalue weighted by molar-refractivity contribution is 0.255. The third-order valence-corrected chi connectivity index (χ3v) is 5.43. The lowest BCUT2D eigenvalue weighted by Gasteiger charge is -2.38. The molecule has 138 valence electrons. The monoisotopic (exact) mass is 353 g/mol. The van der Waals surface area contributed by atoms with E-state index in [0.29, 0.717) is 37.2 Å². The van der Waals surface area contributed by atoms with Crippen LogP contribution in [0.25, 0.3) is 0 Å². The summed E-state index contributed by atoms with van der Waals surface area (Å²) < 4.78 is 34.8. The topological polar surface area (TPSA) is 71.0 Å². The fourth-order valence-electron chi connectivity index (χ4n) is 4.04. The number of ether oxygens (including phenoxy) is 1. The van der Waals surface area contributed by atoms with Gasteiger partial charge in [0.15, 0.2) is 11.6 Å². The Hall–Kier alpha value is -1.64. The normalized spacial score (nSPS) is 26.9. The number of methoxy groups -OCH3 is 1. The van der Waals surface area contributed by atoms with Crippen LogP contribution in [0, 0.1) is 11.7 Å². The molecular weight excluding hydrogens is 328 g/mol. The molecule has 0 amide bonds. The van der Waals surface area contributed by atoms with Gasteiger partial charge in [-0.2, -0.15) is 0 Å². The number of benzene rings is 1. The fraction of sp³-hybridized carbons (Fsp3) is 0.647. The van der Waals surface area contributed by atoms with E-state index in [0.717, 1.165) is 24.1 Å². The molecule has 2 atom stereocenters. The van der Waals surface area contributed by atoms with Crippen LogP contribution in [0.3, 0.4) is 0 Å². The van der Waals surface area contributed by atoms with Crippen molar-refractivity contribution < 1.29 is 13.5 Å². The first-order valence-corrected chi connectivity index (χ1v) is 8.78. The summed E-state index contributed by atoms with van der Waals surface area (Å²) in [4.78, 5) is 3.92. The number of halogens is 2. The van der Waals surface area contributed by atoms with Gasteiger partial charge in [-0.3, -0.25) is 5.84 Å². The first-order valence-electron chi connectivity index (χ1n) is 8.78. The van der Waals surface area contributed by atoms with E-state index < -0.39 is 12.0 Å². The van der Waals surface area contributed by atoms with Gasteiger partial charge in [-0.25, -0.2) is 13.8 Å². The largest absolute Gasteiger partial charge is 0.492 e. The number of nitrogens with zero attached hydrogens (tertiary/aromatic N) is 3. The van der Waals surface area contributed by atoms with Crippen molar-refractivity contribution >= 4 is 11.4 Å². The van der Waals surface area contributed by atoms with Gasteiger partial charge in [0, 0.05) is 31.6 Å². The molecule has 0 aromatic heterocycles. The molecule has 1 aliphatic carbocycles. The zero-order valence-corrected chi connectivity index (χ0v) is 14.4. The summed E-state index contributed by atoms with van der Waals surface area (Å²) in [6, 6.07) is 1.92. The Bertz CT molecular complexity index is 669. The maximum Gasteiger partial charge on any atom is 0.168 e. The summed E-state index contributed by atoms with van der Waals surface area (Å²) in [6.07, 6.45) is 1.13. The molecule has 0 bridgehead atoms. The molecule has 25 heavy (non-hydrogen) atoms. The quantitative estimate of drug-likeness (QED) is 0.793. The summed E-state index contributed by atoms with van der Waals surface area (Å²) in [5.74, 6) is 5.83. The minimum absolute atomic E-state index is 0.139. The maximum absolute atomic E-state index is 15.0. The van der Waals surface area contributed by atoms with Crippen LogP contribution in [0.1, 0.15) is 18.4 Å². The van der Waals surface area contributed by atoms with E-state index in [1.165, 1.54) is 6.07 Å². The van der Waals surface area contributed by atoms with E-state index in [4.69, 9.17) is 16.3 Å². The van der Waals surface area contributed by atoms with E-state index in [2.05, 4.69) is 4.90 Å². The van der Waals surface area contributed by atoms with Crippen molar-refractivity contribution in [2.75, 3.05) is 43.2 Å². The Morgan fingerprint density at radius 2 is 2.04 bits per heavy atom. The summed E-state index contributed by atoms with van der Waals surface area (Å²) in [5, 5.41) is 1.68. The first kappa shape index (κ1) is 16.8. The van der Waals surface area contributed by atoms with Gasteiger partial charge in [0.2, 0.25) is 0 Å². The van der Waals surface area contributed by atoms with Crippen molar-refractivity contribution in [3.8, 4) is 5.75 Å². The average Bonchev–Trinajstić information content (AvgIpc) is 3.35. The highest BCUT2D eigenvalue weighted by Crippen LogP contribution is 2.48. The summed E-state index contributed by atoms with van der Waals surface area (Å²) in [5.41, 5.74) is 7.70. The predicted molar refractivity (Wildman–Crippen MR) is 92.7 cm³/mol. The number of rotatable bonds is 4. The fourth-order valence-corrected chi connectivity index (χ4v) is 4.04. The van der Waals surface area contributed by atoms with Gasteiger partial charge in [-0.15, -0.1) is 0 Å². The molecule has 2 fully saturated rings. The van der Waals surface area contributed by atoms with Crippen molar-refractivity contribution in [3.63, 3.8) is 0 Å². The number of nitrogens with two attached hydrogens (primary N) is 2. The van der Waals surface area contributed by atoms with E-state index in [1.807, 2.05) is 0 Å². The van der Waals surface area contributed by atoms with Gasteiger partial charge in [0.1, 0.15) is 11.9 Å². The second-order valence-corrected chi connectivity index (χ2v) is 7.25. The highest BCUT2D eigenvalue weighted by atomic mass is 19.1. The van der Waals surface area contributed by atoms with Crippen LogP contribution in [-0.4, -0.2) is 50.6 Å². The van der Waals surface area contributed by atoms with Crippen LogP contribution in [-0.2, 0) is 6.54 Å². The predicted octanol–water partition coefficient (Wildman–Crippen LogP) is 1.18. The van der Waals surface area contributed by atoms with Crippen LogP contribution < -0.4 is 26.1 Å². The Morgan fingerprint density at radius 1 is 1.28 bits per heavy atom. The second-order valence-electron chi connectivity index (χ2n) is 7.25. The van der Waals surface area contributed by atoms with Gasteiger partial charge in [-0.1, -0.05) is 0 Å². The molecule has 4 rings (SSSR count). The number of fused-ring (bicyclic) bond motifs is 1. The zero-order valence-electron chi connectivity index (χ0n) is 14.4. The molecule has 1 aromatic carbocycles. The Labute approximate surface area is 146 Å². The van der Waals surface area contributed by atoms with Gasteiger partial charge in [-0.05, 0) is 31.0 Å². The third kappa shape index (κ3) is 2.82. The smallest absolute Gasteiger partial charge is 0.168 e. The molecule has 3 aliphatic rings. The van der Waals surface area contributed by atoms with E-state index in [-0.39, 0.29) is 19.0 Å². The molecular formula is C17H25F2N5O. The Balaban J connectivity index is 1.79. The molecule has 1 saturated heterocycles. The van der Waals surface area contributed by atoms with Crippen molar-refractivity contribution in [2.45, 2.75) is 31.6 Å². The number of anilines is 2. The highest BCUT2D eigenvalue weighted by Gasteiger charge is 2.40. The Kier molecular flexibility index (Phi) is 4.21. The van der Waals surface area contributed by atoms with Crippen molar-refractivity contribution in [1.29, 1.82) is 0 Å². The van der Waals surface area contributed by atoms with Crippen molar-refractivity contribution in [1.82, 2.24) is 5.01 Å². The van der Waals surface area contributed by atoms with Crippen molar-refractivity contribution in [3.05, 3.63) is 17.4 Å². The molecule has 4 N–H and O–H groups in total. The van der Waals surface area contributed by atoms with Gasteiger partial charge < -0.3 is 20.3 Å². The van der Waals surface area contributed by atoms with Gasteiger partial charge in [0.25, 0.3) is 0 Å². The maximum atomic E-state index is 15.0. The number of hydrazine groups is 1. The molecule has 1 saturated carbocycles. The van der Waals surface area contributed by atoms with Crippen LogP contribution in [0.5, 0.6) is 5.75 Å². The van der Waals surface area contributed by atoms with E-state index >= 15 is 0 Å². The minimum Gasteiger partial charge on any atom is -0.492 e. The molecule has 0 spiro atoms. The Morgan fingerprint density at radius 3 is 2.64 bits per heavy atom. The third-order valence-electron chi connectivity index (χ3n) is 5.43. The second kappa shape index (κ2) is 6.26. The lowest BCUT2D eigenvalue weighted by Crippen LogP contribution is -2.47. The molecule has 0 unspecified atom stereocenters. The van der Waals surface area contributed by atoms with Crippen LogP contribution in [0.4, 0.5) is 20.2 Å². The molecule has 6 nitrogen and oxygen atoms in total. The molecule has 2 heterocycles. The molecule has 1 aromatic rings. The first-order chi connectivity index (χ1) is 12.0. The molecule has 8 heteroatoms. The molecule has 0 radical (unpaired) electrons. The minimum atomic E-state index is -1.05. The van der Waals surface area contributed by atoms with Crippen molar-refractivity contribution in [2.24, 2.45) is 17.5 Å².